The first kappa shape index (κ1) is 29.7. The Morgan fingerprint density at radius 2 is 1.36 bits per heavy atom. The minimum atomic E-state index is -1.40. The van der Waals surface area contributed by atoms with E-state index in [1.807, 2.05) is 0 Å². The molecule has 0 heterocycles. The van der Waals surface area contributed by atoms with Gasteiger partial charge in [0.05, 0.1) is 6.04 Å². The van der Waals surface area contributed by atoms with Crippen LogP contribution >= 0.6 is 0 Å². The summed E-state index contributed by atoms with van der Waals surface area (Å²) in [6, 6.07) is -4.85. The second kappa shape index (κ2) is 15.5. The fraction of sp³-hybridized carbons (Fsp3) is 0.684. The number of amides is 4. The number of hydrogen-bond acceptors (Lipinski definition) is 8. The highest BCUT2D eigenvalue weighted by atomic mass is 16.4. The average Bonchev–Trinajstić information content (AvgIpc) is 2.72. The van der Waals surface area contributed by atoms with Crippen LogP contribution in [0.2, 0.25) is 0 Å². The van der Waals surface area contributed by atoms with Gasteiger partial charge in [0.1, 0.15) is 18.1 Å². The van der Waals surface area contributed by atoms with Crippen LogP contribution in [-0.2, 0) is 28.8 Å². The van der Waals surface area contributed by atoms with Gasteiger partial charge in [-0.15, -0.1) is 0 Å². The van der Waals surface area contributed by atoms with Gasteiger partial charge in [-0.3, -0.25) is 24.0 Å². The van der Waals surface area contributed by atoms with Crippen molar-refractivity contribution >= 4 is 35.6 Å². The summed E-state index contributed by atoms with van der Waals surface area (Å²) in [5.74, 6) is -5.69. The smallest absolute Gasteiger partial charge is 0.326 e. The third kappa shape index (κ3) is 13.0. The second-order valence-corrected chi connectivity index (χ2v) is 7.52. The third-order valence-corrected chi connectivity index (χ3v) is 4.63. The molecule has 4 unspecified atom stereocenters. The van der Waals surface area contributed by atoms with Crippen LogP contribution < -0.4 is 33.2 Å². The quantitative estimate of drug-likeness (QED) is 0.0999. The number of carboxylic acid groups (broad SMARTS) is 2. The zero-order valence-electron chi connectivity index (χ0n) is 18.5. The highest BCUT2D eigenvalue weighted by Gasteiger charge is 2.28. The van der Waals surface area contributed by atoms with Crippen molar-refractivity contribution in [3.8, 4) is 0 Å². The molecule has 4 amide bonds. The lowest BCUT2D eigenvalue weighted by molar-refractivity contribution is -0.142. The lowest BCUT2D eigenvalue weighted by Gasteiger charge is -2.23. The maximum Gasteiger partial charge on any atom is 0.326 e. The summed E-state index contributed by atoms with van der Waals surface area (Å²) < 4.78 is 0. The summed E-state index contributed by atoms with van der Waals surface area (Å²) in [5, 5.41) is 24.9. The molecular formula is C19H34N6O8. The summed E-state index contributed by atoms with van der Waals surface area (Å²) in [7, 11) is 0. The second-order valence-electron chi connectivity index (χ2n) is 7.52. The van der Waals surface area contributed by atoms with E-state index in [1.54, 1.807) is 0 Å². The molecule has 4 atom stereocenters. The summed E-state index contributed by atoms with van der Waals surface area (Å²) in [5.41, 5.74) is 16.2. The molecule has 0 bridgehead atoms. The van der Waals surface area contributed by atoms with E-state index in [-0.39, 0.29) is 19.3 Å². The number of carbonyl (C=O) groups excluding carboxylic acids is 4. The first-order valence-electron chi connectivity index (χ1n) is 10.5. The van der Waals surface area contributed by atoms with Crippen molar-refractivity contribution in [2.24, 2.45) is 17.2 Å². The van der Waals surface area contributed by atoms with Crippen LogP contribution in [0.1, 0.15) is 51.9 Å². The van der Waals surface area contributed by atoms with Crippen molar-refractivity contribution in [3.05, 3.63) is 0 Å². The Bertz CT molecular complexity index is 716. The van der Waals surface area contributed by atoms with E-state index >= 15 is 0 Å². The Hall–Kier alpha value is -3.26. The third-order valence-electron chi connectivity index (χ3n) is 4.63. The lowest BCUT2D eigenvalue weighted by atomic mass is 10.1. The largest absolute Gasteiger partial charge is 0.481 e. The molecule has 0 aliphatic carbocycles. The fourth-order valence-corrected chi connectivity index (χ4v) is 2.68. The molecule has 0 spiro atoms. The molecule has 0 aromatic heterocycles. The highest BCUT2D eigenvalue weighted by molar-refractivity contribution is 5.94. The molecule has 0 saturated heterocycles. The van der Waals surface area contributed by atoms with E-state index < -0.39 is 66.2 Å². The van der Waals surface area contributed by atoms with E-state index in [0.717, 1.165) is 0 Å². The first-order chi connectivity index (χ1) is 15.4. The topological polar surface area (TPSA) is 257 Å². The van der Waals surface area contributed by atoms with Crippen LogP contribution in [0.4, 0.5) is 0 Å². The van der Waals surface area contributed by atoms with Crippen LogP contribution in [-0.4, -0.2) is 76.5 Å². The predicted octanol–water partition coefficient (Wildman–Crippen LogP) is -2.87. The van der Waals surface area contributed by atoms with Gasteiger partial charge in [0.2, 0.25) is 23.6 Å². The molecule has 14 nitrogen and oxygen atoms in total. The van der Waals surface area contributed by atoms with Gasteiger partial charge in [0.25, 0.3) is 0 Å². The van der Waals surface area contributed by atoms with Crippen LogP contribution in [0.15, 0.2) is 0 Å². The maximum absolute atomic E-state index is 12.6. The molecule has 0 aliphatic rings. The number of unbranched alkanes of at least 4 members (excludes halogenated alkanes) is 1. The molecule has 0 aromatic rings. The molecule has 11 N–H and O–H groups in total. The van der Waals surface area contributed by atoms with Crippen molar-refractivity contribution < 1.29 is 39.0 Å². The van der Waals surface area contributed by atoms with Gasteiger partial charge in [-0.25, -0.2) is 4.79 Å². The Balaban J connectivity index is 5.07. The molecule has 0 saturated carbocycles. The Labute approximate surface area is 191 Å². The number of rotatable bonds is 17. The molecule has 14 heteroatoms. The highest BCUT2D eigenvalue weighted by Crippen LogP contribution is 2.04. The number of aliphatic carboxylic acids is 2. The lowest BCUT2D eigenvalue weighted by Crippen LogP contribution is -2.56. The number of carbonyl (C=O) groups is 6. The summed E-state index contributed by atoms with van der Waals surface area (Å²) >= 11 is 0. The number of nitrogens with one attached hydrogen (secondary N) is 3. The summed E-state index contributed by atoms with van der Waals surface area (Å²) in [6.07, 6.45) is 0.366. The first-order valence-corrected chi connectivity index (χ1v) is 10.5. The Morgan fingerprint density at radius 3 is 1.88 bits per heavy atom. The van der Waals surface area contributed by atoms with Gasteiger partial charge in [-0.1, -0.05) is 6.42 Å². The van der Waals surface area contributed by atoms with E-state index in [1.165, 1.54) is 6.92 Å². The van der Waals surface area contributed by atoms with Gasteiger partial charge in [0.15, 0.2) is 0 Å². The van der Waals surface area contributed by atoms with E-state index in [2.05, 4.69) is 16.0 Å². The normalized spacial score (nSPS) is 14.3. The fourth-order valence-electron chi connectivity index (χ4n) is 2.68. The van der Waals surface area contributed by atoms with Crippen molar-refractivity contribution in [2.75, 3.05) is 6.54 Å². The Morgan fingerprint density at radius 1 is 0.788 bits per heavy atom. The molecule has 0 fully saturated rings. The van der Waals surface area contributed by atoms with Crippen molar-refractivity contribution in [3.63, 3.8) is 0 Å². The van der Waals surface area contributed by atoms with E-state index in [9.17, 15) is 28.8 Å². The molecular weight excluding hydrogens is 440 g/mol. The van der Waals surface area contributed by atoms with Gasteiger partial charge in [0, 0.05) is 12.8 Å². The van der Waals surface area contributed by atoms with E-state index in [4.69, 9.17) is 27.4 Å². The van der Waals surface area contributed by atoms with Crippen LogP contribution in [0.25, 0.3) is 0 Å². The standard InChI is InChI=1S/C19H34N6O8/c1-10(16(29)25-13(19(32)33)5-7-14(22)26)23-18(31)12(6-8-15(27)28)24-17(30)11(21)4-2-3-9-20/h10-13H,2-9,20-21H2,1H3,(H2,22,26)(H,23,31)(H,24,30)(H,25,29)(H,27,28)(H,32,33). The molecule has 0 aromatic carbocycles. The maximum atomic E-state index is 12.6. The van der Waals surface area contributed by atoms with E-state index in [0.29, 0.717) is 25.8 Å². The van der Waals surface area contributed by atoms with Crippen molar-refractivity contribution in [1.29, 1.82) is 0 Å². The number of nitrogens with two attached hydrogens (primary N) is 3. The zero-order chi connectivity index (χ0) is 25.6. The van der Waals surface area contributed by atoms with Crippen molar-refractivity contribution in [1.82, 2.24) is 16.0 Å². The number of primary amides is 1. The monoisotopic (exact) mass is 474 g/mol. The van der Waals surface area contributed by atoms with Gasteiger partial charge >= 0.3 is 11.9 Å². The molecule has 0 radical (unpaired) electrons. The summed E-state index contributed by atoms with van der Waals surface area (Å²) in [4.78, 5) is 70.2. The van der Waals surface area contributed by atoms with Crippen LogP contribution in [0.5, 0.6) is 0 Å². The molecule has 0 rings (SSSR count). The Kier molecular flexibility index (Phi) is 14.0. The average molecular weight is 475 g/mol. The zero-order valence-corrected chi connectivity index (χ0v) is 18.5. The van der Waals surface area contributed by atoms with Gasteiger partial charge < -0.3 is 43.4 Å². The van der Waals surface area contributed by atoms with Crippen molar-refractivity contribution in [2.45, 2.75) is 76.0 Å². The predicted molar refractivity (Wildman–Crippen MR) is 115 cm³/mol. The van der Waals surface area contributed by atoms with Crippen LogP contribution in [0.3, 0.4) is 0 Å². The SMILES string of the molecule is CC(NC(=O)C(CCC(=O)O)NC(=O)C(N)CCCCN)C(=O)NC(CCC(N)=O)C(=O)O. The minimum absolute atomic E-state index is 0.240. The van der Waals surface area contributed by atoms with Gasteiger partial charge in [-0.2, -0.15) is 0 Å². The van der Waals surface area contributed by atoms with Gasteiger partial charge in [-0.05, 0) is 39.2 Å². The summed E-state index contributed by atoms with van der Waals surface area (Å²) in [6.45, 7) is 1.71. The number of carboxylic acids is 2. The molecule has 0 aliphatic heterocycles. The van der Waals surface area contributed by atoms with Crippen LogP contribution in [0, 0.1) is 0 Å². The number of hydrogen-bond donors (Lipinski definition) is 8. The molecule has 33 heavy (non-hydrogen) atoms. The minimum Gasteiger partial charge on any atom is -0.481 e. The molecule has 188 valence electrons.